The van der Waals surface area contributed by atoms with Crippen LogP contribution in [0.4, 0.5) is 30.7 Å². The Morgan fingerprint density at radius 3 is 2.03 bits per heavy atom. The largest absolute Gasteiger partial charge is 0.424 e. The number of likely N-dealkylation sites (N-methyl/N-ethyl adjacent to an activating group) is 1. The molecule has 2 aromatic rings. The summed E-state index contributed by atoms with van der Waals surface area (Å²) in [5.41, 5.74) is -4.71. The number of rotatable bonds is 4. The topological polar surface area (TPSA) is 56.5 Å². The van der Waals surface area contributed by atoms with E-state index in [1.54, 1.807) is 6.07 Å². The number of carbonyl (C=O) groups excluding carboxylic acids is 1. The normalized spacial score (nSPS) is 18.3. The van der Waals surface area contributed by atoms with Crippen LogP contribution in [0.5, 0.6) is 0 Å². The lowest BCUT2D eigenvalue weighted by molar-refractivity contribution is -0.302. The first-order valence-electron chi connectivity index (χ1n) is 9.07. The van der Waals surface area contributed by atoms with E-state index in [0.29, 0.717) is 4.90 Å². The van der Waals surface area contributed by atoms with E-state index in [1.807, 2.05) is 0 Å². The Balaban J connectivity index is 2.10. The molecule has 1 atom stereocenters. The van der Waals surface area contributed by atoms with Crippen molar-refractivity contribution in [3.8, 4) is 6.07 Å². The maximum absolute atomic E-state index is 14.0. The van der Waals surface area contributed by atoms with Crippen molar-refractivity contribution in [2.45, 2.75) is 30.4 Å². The van der Waals surface area contributed by atoms with Crippen LogP contribution in [0.3, 0.4) is 0 Å². The van der Waals surface area contributed by atoms with Crippen LogP contribution in [-0.2, 0) is 0 Å². The molecule has 11 heteroatoms. The van der Waals surface area contributed by atoms with Gasteiger partial charge in [-0.2, -0.15) is 31.6 Å². The average Bonchev–Trinajstić information content (AvgIpc) is 3.02. The van der Waals surface area contributed by atoms with E-state index < -0.39 is 47.8 Å². The van der Waals surface area contributed by atoms with E-state index >= 15 is 0 Å². The fourth-order valence-corrected chi connectivity index (χ4v) is 3.59. The van der Waals surface area contributed by atoms with Gasteiger partial charge in [-0.1, -0.05) is 12.1 Å². The highest BCUT2D eigenvalue weighted by Gasteiger charge is 2.78. The second-order valence-corrected chi connectivity index (χ2v) is 7.15. The predicted molar refractivity (Wildman–Crippen MR) is 99.4 cm³/mol. The Morgan fingerprint density at radius 1 is 1.03 bits per heavy atom. The number of halogens is 7. The zero-order valence-electron chi connectivity index (χ0n) is 16.3. The summed E-state index contributed by atoms with van der Waals surface area (Å²) in [6.45, 7) is 0. The predicted octanol–water partition coefficient (Wildman–Crippen LogP) is 4.89. The van der Waals surface area contributed by atoms with Crippen molar-refractivity contribution >= 4 is 11.6 Å². The van der Waals surface area contributed by atoms with Crippen molar-refractivity contribution in [1.82, 2.24) is 4.90 Å². The fourth-order valence-electron chi connectivity index (χ4n) is 3.59. The molecule has 0 N–H and O–H groups in total. The number of carbonyl (C=O) groups is 1. The summed E-state index contributed by atoms with van der Waals surface area (Å²) in [5, 5.41) is 8.80. The summed E-state index contributed by atoms with van der Waals surface area (Å²) in [6, 6.07) is 7.89. The monoisotopic (exact) mass is 457 g/mol. The maximum Gasteiger partial charge on any atom is 0.424 e. The number of ketones is 1. The third-order valence-corrected chi connectivity index (χ3v) is 5.25. The van der Waals surface area contributed by atoms with E-state index in [-0.39, 0.29) is 16.7 Å². The highest BCUT2D eigenvalue weighted by molar-refractivity contribution is 6.02. The first kappa shape index (κ1) is 23.2. The molecule has 0 bridgehead atoms. The van der Waals surface area contributed by atoms with Gasteiger partial charge >= 0.3 is 12.4 Å². The second-order valence-electron chi connectivity index (χ2n) is 7.15. The molecule has 4 nitrogen and oxygen atoms in total. The fraction of sp³-hybridized carbons (Fsp3) is 0.286. The van der Waals surface area contributed by atoms with E-state index in [0.717, 1.165) is 43.4 Å². The van der Waals surface area contributed by atoms with Gasteiger partial charge in [0.2, 0.25) is 0 Å². The summed E-state index contributed by atoms with van der Waals surface area (Å²) in [6.07, 6.45) is -12.9. The molecule has 0 spiro atoms. The molecule has 0 saturated carbocycles. The molecule has 1 heterocycles. The van der Waals surface area contributed by atoms with Gasteiger partial charge in [-0.25, -0.2) is 9.38 Å². The Bertz CT molecular complexity index is 1070. The molecular formula is C21H14F7N3O. The molecule has 0 aromatic heterocycles. The summed E-state index contributed by atoms with van der Waals surface area (Å²) >= 11 is 0. The van der Waals surface area contributed by atoms with E-state index in [2.05, 4.69) is 4.99 Å². The van der Waals surface area contributed by atoms with Gasteiger partial charge in [0, 0.05) is 24.6 Å². The van der Waals surface area contributed by atoms with E-state index in [4.69, 9.17) is 5.26 Å². The minimum absolute atomic E-state index is 0.147. The number of Topliss-reactive ketones (excluding diaryl/α,β-unsaturated/α-hetero) is 1. The smallest absolute Gasteiger partial charge is 0.353 e. The summed E-state index contributed by atoms with van der Waals surface area (Å²) < 4.78 is 97.1. The van der Waals surface area contributed by atoms with Gasteiger partial charge < -0.3 is 4.90 Å². The van der Waals surface area contributed by atoms with Gasteiger partial charge in [-0.3, -0.25) is 4.79 Å². The number of hydrogen-bond acceptors (Lipinski definition) is 4. The van der Waals surface area contributed by atoms with Gasteiger partial charge in [0.15, 0.2) is 5.78 Å². The number of benzene rings is 2. The van der Waals surface area contributed by atoms with Crippen molar-refractivity contribution in [3.05, 3.63) is 71.0 Å². The van der Waals surface area contributed by atoms with E-state index in [9.17, 15) is 35.5 Å². The Hall–Kier alpha value is -3.42. The highest BCUT2D eigenvalue weighted by Crippen LogP contribution is 2.53. The molecule has 1 aliphatic heterocycles. The highest BCUT2D eigenvalue weighted by atomic mass is 19.4. The lowest BCUT2D eigenvalue weighted by Gasteiger charge is -2.38. The van der Waals surface area contributed by atoms with Crippen LogP contribution >= 0.6 is 0 Å². The molecule has 1 unspecified atom stereocenters. The van der Waals surface area contributed by atoms with Crippen LogP contribution in [0, 0.1) is 17.1 Å². The zero-order valence-corrected chi connectivity index (χ0v) is 16.3. The number of nitrogens with zero attached hydrogens (tertiary/aromatic N) is 3. The number of alkyl halides is 6. The molecule has 0 amide bonds. The van der Waals surface area contributed by atoms with Crippen LogP contribution < -0.4 is 0 Å². The van der Waals surface area contributed by atoms with Crippen LogP contribution in [0.2, 0.25) is 0 Å². The number of hydrogen-bond donors (Lipinski definition) is 0. The lowest BCUT2D eigenvalue weighted by Crippen LogP contribution is -2.64. The first-order valence-corrected chi connectivity index (χ1v) is 9.07. The molecular weight excluding hydrogens is 443 g/mol. The third-order valence-electron chi connectivity index (χ3n) is 5.25. The standard InChI is InChI=1S/C21H14F7N3O/c1-31-17(10-16(32)13-4-2-12(11-29)3-5-13)19(20(23,24)25,21(26,27)28)30-18(31)14-6-8-15(22)9-7-14/h2-9,17H,10H2,1H3. The number of amidine groups is 1. The van der Waals surface area contributed by atoms with Gasteiger partial charge in [-0.05, 0) is 36.4 Å². The number of aliphatic imine (C=N–C) groups is 1. The molecule has 0 radical (unpaired) electrons. The minimum atomic E-state index is -5.88. The van der Waals surface area contributed by atoms with Crippen LogP contribution in [-0.4, -0.2) is 47.5 Å². The molecule has 1 aliphatic rings. The van der Waals surface area contributed by atoms with Crippen molar-refractivity contribution < 1.29 is 35.5 Å². The van der Waals surface area contributed by atoms with Crippen molar-refractivity contribution in [2.75, 3.05) is 7.05 Å². The molecule has 0 fully saturated rings. The summed E-state index contributed by atoms with van der Waals surface area (Å²) in [7, 11) is 0.970. The van der Waals surface area contributed by atoms with Crippen molar-refractivity contribution in [1.29, 1.82) is 5.26 Å². The van der Waals surface area contributed by atoms with Crippen LogP contribution in [0.1, 0.15) is 27.9 Å². The van der Waals surface area contributed by atoms with Crippen molar-refractivity contribution in [2.24, 2.45) is 4.99 Å². The number of nitriles is 1. The van der Waals surface area contributed by atoms with Gasteiger partial charge in [0.25, 0.3) is 5.54 Å². The van der Waals surface area contributed by atoms with Crippen LogP contribution in [0.15, 0.2) is 53.5 Å². The van der Waals surface area contributed by atoms with E-state index in [1.165, 1.54) is 12.1 Å². The molecule has 3 rings (SSSR count). The molecule has 0 aliphatic carbocycles. The third kappa shape index (κ3) is 3.81. The molecule has 0 saturated heterocycles. The summed E-state index contributed by atoms with van der Waals surface area (Å²) in [4.78, 5) is 16.4. The second kappa shape index (κ2) is 7.93. The summed E-state index contributed by atoms with van der Waals surface area (Å²) in [5.74, 6) is -2.39. The van der Waals surface area contributed by atoms with Gasteiger partial charge in [-0.15, -0.1) is 0 Å². The van der Waals surface area contributed by atoms with Gasteiger partial charge in [0.05, 0.1) is 17.7 Å². The Kier molecular flexibility index (Phi) is 5.76. The first-order chi connectivity index (χ1) is 14.8. The maximum atomic E-state index is 14.0. The molecule has 2 aromatic carbocycles. The van der Waals surface area contributed by atoms with Gasteiger partial charge in [0.1, 0.15) is 11.7 Å². The quantitative estimate of drug-likeness (QED) is 0.485. The lowest BCUT2D eigenvalue weighted by atomic mass is 9.85. The SMILES string of the molecule is CN1C(c2ccc(F)cc2)=NC(C(F)(F)F)(C(F)(F)F)C1CC(=O)c1ccc(C#N)cc1. The van der Waals surface area contributed by atoms with Crippen LogP contribution in [0.25, 0.3) is 0 Å². The minimum Gasteiger partial charge on any atom is -0.353 e. The van der Waals surface area contributed by atoms with Crippen molar-refractivity contribution in [3.63, 3.8) is 0 Å². The molecule has 168 valence electrons. The zero-order chi connectivity index (χ0) is 23.9. The Labute approximate surface area is 177 Å². The molecule has 32 heavy (non-hydrogen) atoms. The Morgan fingerprint density at radius 2 is 1.56 bits per heavy atom. The average molecular weight is 457 g/mol.